The minimum atomic E-state index is -0.500. The van der Waals surface area contributed by atoms with Crippen LogP contribution in [0, 0.1) is 0 Å². The molecule has 0 bridgehead atoms. The molecule has 1 rings (SSSR count). The highest BCUT2D eigenvalue weighted by Gasteiger charge is 2.37. The van der Waals surface area contributed by atoms with Gasteiger partial charge in [-0.25, -0.2) is 0 Å². The molecule has 16 heavy (non-hydrogen) atoms. The molecule has 0 radical (unpaired) electrons. The van der Waals surface area contributed by atoms with Gasteiger partial charge >= 0.3 is 0 Å². The predicted octanol–water partition coefficient (Wildman–Crippen LogP) is 1.26. The highest BCUT2D eigenvalue weighted by Crippen LogP contribution is 2.31. The lowest BCUT2D eigenvalue weighted by molar-refractivity contribution is -0.0752. The molecule has 1 aliphatic carbocycles. The van der Waals surface area contributed by atoms with Gasteiger partial charge in [-0.05, 0) is 31.1 Å². The van der Waals surface area contributed by atoms with Crippen LogP contribution < -0.4 is 0 Å². The van der Waals surface area contributed by atoms with Gasteiger partial charge in [-0.2, -0.15) is 0 Å². The first kappa shape index (κ1) is 13.2. The molecule has 4 nitrogen and oxygen atoms in total. The van der Waals surface area contributed by atoms with E-state index in [1.807, 2.05) is 18.2 Å². The number of allylic oxidation sites excluding steroid dienone is 1. The summed E-state index contributed by atoms with van der Waals surface area (Å²) in [5.41, 5.74) is -0.500. The molecule has 0 aromatic carbocycles. The standard InChI is InChI=1S/C12H20O4/c1-14-10-5-7-12(16-3,6-4-8-13)11(9-10)15-2/h5,7,9,11,13H,4,6,8H2,1-3H3. The van der Waals surface area contributed by atoms with Gasteiger partial charge in [-0.3, -0.25) is 0 Å². The molecule has 1 N–H and O–H groups in total. The van der Waals surface area contributed by atoms with E-state index in [4.69, 9.17) is 19.3 Å². The van der Waals surface area contributed by atoms with Crippen molar-refractivity contribution in [1.29, 1.82) is 0 Å². The fourth-order valence-corrected chi connectivity index (χ4v) is 1.93. The number of rotatable bonds is 6. The molecule has 1 aliphatic rings. The average Bonchev–Trinajstić information content (AvgIpc) is 2.36. The topological polar surface area (TPSA) is 47.9 Å². The summed E-state index contributed by atoms with van der Waals surface area (Å²) in [6, 6.07) is 0. The Morgan fingerprint density at radius 2 is 2.12 bits per heavy atom. The van der Waals surface area contributed by atoms with Gasteiger partial charge in [0.05, 0.1) is 7.11 Å². The van der Waals surface area contributed by atoms with Crippen LogP contribution in [0.5, 0.6) is 0 Å². The average molecular weight is 228 g/mol. The Morgan fingerprint density at radius 3 is 2.62 bits per heavy atom. The van der Waals surface area contributed by atoms with Crippen molar-refractivity contribution < 1.29 is 19.3 Å². The first-order valence-corrected chi connectivity index (χ1v) is 5.36. The number of hydrogen-bond donors (Lipinski definition) is 1. The maximum Gasteiger partial charge on any atom is 0.117 e. The van der Waals surface area contributed by atoms with E-state index in [9.17, 15) is 0 Å². The third kappa shape index (κ3) is 2.64. The molecule has 0 saturated heterocycles. The van der Waals surface area contributed by atoms with Gasteiger partial charge in [0.1, 0.15) is 17.5 Å². The molecule has 0 amide bonds. The summed E-state index contributed by atoms with van der Waals surface area (Å²) in [5.74, 6) is 0.767. The van der Waals surface area contributed by atoms with Gasteiger partial charge in [0.2, 0.25) is 0 Å². The summed E-state index contributed by atoms with van der Waals surface area (Å²) in [7, 11) is 4.91. The van der Waals surface area contributed by atoms with Gasteiger partial charge in [-0.15, -0.1) is 0 Å². The van der Waals surface area contributed by atoms with Gasteiger partial charge in [-0.1, -0.05) is 0 Å². The fraction of sp³-hybridized carbons (Fsp3) is 0.667. The quantitative estimate of drug-likeness (QED) is 0.743. The highest BCUT2D eigenvalue weighted by molar-refractivity contribution is 5.28. The van der Waals surface area contributed by atoms with Gasteiger partial charge in [0.25, 0.3) is 0 Å². The Hall–Kier alpha value is -0.840. The fourth-order valence-electron chi connectivity index (χ4n) is 1.93. The van der Waals surface area contributed by atoms with Gasteiger partial charge < -0.3 is 19.3 Å². The van der Waals surface area contributed by atoms with Crippen LogP contribution in [0.2, 0.25) is 0 Å². The minimum absolute atomic E-state index is 0.149. The molecule has 0 heterocycles. The summed E-state index contributed by atoms with van der Waals surface area (Å²) >= 11 is 0. The van der Waals surface area contributed by atoms with Crippen molar-refractivity contribution in [2.45, 2.75) is 24.5 Å². The molecular weight excluding hydrogens is 208 g/mol. The SMILES string of the molecule is COC1=CC(OC)C(CCCO)(OC)C=C1. The van der Waals surface area contributed by atoms with Crippen LogP contribution in [-0.4, -0.2) is 44.7 Å². The molecule has 92 valence electrons. The lowest BCUT2D eigenvalue weighted by Crippen LogP contribution is -2.44. The van der Waals surface area contributed by atoms with E-state index >= 15 is 0 Å². The maximum absolute atomic E-state index is 8.90. The predicted molar refractivity (Wildman–Crippen MR) is 61.1 cm³/mol. The molecule has 0 aromatic rings. The Kier molecular flexibility index (Phi) is 4.99. The highest BCUT2D eigenvalue weighted by atomic mass is 16.5. The second-order valence-corrected chi connectivity index (χ2v) is 3.75. The Morgan fingerprint density at radius 1 is 1.38 bits per heavy atom. The van der Waals surface area contributed by atoms with Crippen molar-refractivity contribution >= 4 is 0 Å². The summed E-state index contributed by atoms with van der Waals surface area (Å²) < 4.78 is 16.1. The third-order valence-corrected chi connectivity index (χ3v) is 2.92. The summed E-state index contributed by atoms with van der Waals surface area (Å²) in [6.07, 6.45) is 6.90. The van der Waals surface area contributed by atoms with Crippen molar-refractivity contribution in [3.8, 4) is 0 Å². The number of methoxy groups -OCH3 is 3. The van der Waals surface area contributed by atoms with Crippen molar-refractivity contribution in [2.24, 2.45) is 0 Å². The molecular formula is C12H20O4. The van der Waals surface area contributed by atoms with Crippen molar-refractivity contribution in [1.82, 2.24) is 0 Å². The van der Waals surface area contributed by atoms with E-state index in [1.54, 1.807) is 21.3 Å². The first-order chi connectivity index (χ1) is 7.72. The van der Waals surface area contributed by atoms with Gasteiger partial charge in [0.15, 0.2) is 0 Å². The summed E-state index contributed by atoms with van der Waals surface area (Å²) in [5, 5.41) is 8.90. The Labute approximate surface area is 96.5 Å². The Balaban J connectivity index is 2.85. The van der Waals surface area contributed by atoms with Crippen LogP contribution in [0.4, 0.5) is 0 Å². The molecule has 0 fully saturated rings. The zero-order chi connectivity index (χ0) is 12.0. The van der Waals surface area contributed by atoms with E-state index in [-0.39, 0.29) is 12.7 Å². The minimum Gasteiger partial charge on any atom is -0.497 e. The number of aliphatic hydroxyl groups is 1. The van der Waals surface area contributed by atoms with Crippen LogP contribution in [-0.2, 0) is 14.2 Å². The monoisotopic (exact) mass is 228 g/mol. The van der Waals surface area contributed by atoms with E-state index in [0.717, 1.165) is 5.76 Å². The maximum atomic E-state index is 8.90. The number of hydrogen-bond acceptors (Lipinski definition) is 4. The molecule has 4 heteroatoms. The molecule has 0 saturated carbocycles. The molecule has 2 atom stereocenters. The van der Waals surface area contributed by atoms with Crippen LogP contribution in [0.1, 0.15) is 12.8 Å². The largest absolute Gasteiger partial charge is 0.497 e. The third-order valence-electron chi connectivity index (χ3n) is 2.92. The lowest BCUT2D eigenvalue weighted by Gasteiger charge is -2.37. The molecule has 0 aliphatic heterocycles. The van der Waals surface area contributed by atoms with Crippen LogP contribution in [0.15, 0.2) is 24.0 Å². The zero-order valence-corrected chi connectivity index (χ0v) is 10.1. The smallest absolute Gasteiger partial charge is 0.117 e. The van der Waals surface area contributed by atoms with E-state index in [0.29, 0.717) is 12.8 Å². The van der Waals surface area contributed by atoms with Crippen LogP contribution >= 0.6 is 0 Å². The number of ether oxygens (including phenoxy) is 3. The van der Waals surface area contributed by atoms with E-state index in [1.165, 1.54) is 0 Å². The van der Waals surface area contributed by atoms with E-state index < -0.39 is 5.60 Å². The second kappa shape index (κ2) is 6.03. The van der Waals surface area contributed by atoms with Crippen molar-refractivity contribution in [3.63, 3.8) is 0 Å². The van der Waals surface area contributed by atoms with Gasteiger partial charge in [0, 0.05) is 20.8 Å². The van der Waals surface area contributed by atoms with Crippen molar-refractivity contribution in [3.05, 3.63) is 24.0 Å². The second-order valence-electron chi connectivity index (χ2n) is 3.75. The van der Waals surface area contributed by atoms with Crippen LogP contribution in [0.25, 0.3) is 0 Å². The summed E-state index contributed by atoms with van der Waals surface area (Å²) in [6.45, 7) is 0.149. The van der Waals surface area contributed by atoms with Crippen molar-refractivity contribution in [2.75, 3.05) is 27.9 Å². The first-order valence-electron chi connectivity index (χ1n) is 5.36. The van der Waals surface area contributed by atoms with Crippen LogP contribution in [0.3, 0.4) is 0 Å². The molecule has 0 aromatic heterocycles. The van der Waals surface area contributed by atoms with E-state index in [2.05, 4.69) is 0 Å². The number of aliphatic hydroxyl groups excluding tert-OH is 1. The Bertz CT molecular complexity index is 272. The summed E-state index contributed by atoms with van der Waals surface area (Å²) in [4.78, 5) is 0. The molecule has 0 spiro atoms. The normalized spacial score (nSPS) is 29.0. The molecule has 2 unspecified atom stereocenters. The zero-order valence-electron chi connectivity index (χ0n) is 10.1. The lowest BCUT2D eigenvalue weighted by atomic mass is 9.87.